The molecule has 0 aliphatic heterocycles. The highest BCUT2D eigenvalue weighted by Gasteiger charge is 2.26. The zero-order valence-electron chi connectivity index (χ0n) is 9.56. The van der Waals surface area contributed by atoms with Crippen molar-refractivity contribution in [1.82, 2.24) is 14.7 Å². The Morgan fingerprint density at radius 3 is 2.67 bits per heavy atom. The lowest BCUT2D eigenvalue weighted by molar-refractivity contribution is -0.142. The van der Waals surface area contributed by atoms with Gasteiger partial charge in [0.05, 0.1) is 5.69 Å². The molecular weight excluding hydrogens is 194 g/mol. The first-order valence-electron chi connectivity index (χ1n) is 4.89. The highest BCUT2D eigenvalue weighted by molar-refractivity contribution is 5.75. The molecule has 1 unspecified atom stereocenters. The summed E-state index contributed by atoms with van der Waals surface area (Å²) in [7, 11) is 5.31. The van der Waals surface area contributed by atoms with Crippen molar-refractivity contribution in [1.29, 1.82) is 0 Å². The zero-order valence-corrected chi connectivity index (χ0v) is 9.56. The summed E-state index contributed by atoms with van der Waals surface area (Å²) < 4.78 is 1.66. The highest BCUT2D eigenvalue weighted by atomic mass is 16.4. The molecular formula is C10H17N3O2. The third-order valence-corrected chi connectivity index (χ3v) is 2.32. The average molecular weight is 211 g/mol. The van der Waals surface area contributed by atoms with Crippen molar-refractivity contribution in [3.05, 3.63) is 17.5 Å². The van der Waals surface area contributed by atoms with Crippen LogP contribution in [-0.4, -0.2) is 39.9 Å². The van der Waals surface area contributed by atoms with Crippen LogP contribution in [0.3, 0.4) is 0 Å². The van der Waals surface area contributed by atoms with E-state index in [9.17, 15) is 4.79 Å². The number of rotatable bonds is 4. The van der Waals surface area contributed by atoms with Crippen LogP contribution in [0.2, 0.25) is 0 Å². The quantitative estimate of drug-likeness (QED) is 0.795. The summed E-state index contributed by atoms with van der Waals surface area (Å²) in [5, 5.41) is 13.4. The first-order chi connectivity index (χ1) is 6.97. The van der Waals surface area contributed by atoms with Crippen LogP contribution in [0, 0.1) is 0 Å². The van der Waals surface area contributed by atoms with Gasteiger partial charge in [-0.15, -0.1) is 0 Å². The van der Waals surface area contributed by atoms with Crippen molar-refractivity contribution in [3.8, 4) is 0 Å². The molecule has 15 heavy (non-hydrogen) atoms. The Labute approximate surface area is 89.3 Å². The second kappa shape index (κ2) is 4.44. The number of carboxylic acid groups (broad SMARTS) is 1. The van der Waals surface area contributed by atoms with E-state index in [1.165, 1.54) is 0 Å². The normalized spacial score (nSPS) is 13.1. The molecule has 84 valence electrons. The van der Waals surface area contributed by atoms with Gasteiger partial charge in [-0.3, -0.25) is 14.4 Å². The molecule has 1 rings (SSSR count). The zero-order chi connectivity index (χ0) is 11.6. The van der Waals surface area contributed by atoms with E-state index in [1.807, 2.05) is 6.92 Å². The molecule has 0 aliphatic carbocycles. The van der Waals surface area contributed by atoms with Crippen LogP contribution in [0.1, 0.15) is 24.2 Å². The summed E-state index contributed by atoms with van der Waals surface area (Å²) in [6, 6.07) is -0.617. The lowest BCUT2D eigenvalue weighted by atomic mass is 10.1. The van der Waals surface area contributed by atoms with Crippen molar-refractivity contribution in [2.24, 2.45) is 7.05 Å². The minimum absolute atomic E-state index is 0.617. The van der Waals surface area contributed by atoms with E-state index < -0.39 is 12.0 Å². The van der Waals surface area contributed by atoms with Gasteiger partial charge in [-0.2, -0.15) is 5.10 Å². The monoisotopic (exact) mass is 211 g/mol. The fraction of sp³-hybridized carbons (Fsp3) is 0.600. The molecule has 5 heteroatoms. The Kier molecular flexibility index (Phi) is 3.47. The number of aromatic nitrogens is 2. The maximum Gasteiger partial charge on any atom is 0.325 e. The summed E-state index contributed by atoms with van der Waals surface area (Å²) in [6.07, 6.45) is 2.52. The van der Waals surface area contributed by atoms with Gasteiger partial charge < -0.3 is 5.11 Å². The predicted molar refractivity (Wildman–Crippen MR) is 56.6 cm³/mol. The summed E-state index contributed by atoms with van der Waals surface area (Å²) in [6.45, 7) is 1.97. The standard InChI is InChI=1S/C10H17N3O2/c1-5-8-7(6-13(4)11-8)9(10(14)15)12(2)3/h6,9H,5H2,1-4H3,(H,14,15). The van der Waals surface area contributed by atoms with Crippen molar-refractivity contribution in [3.63, 3.8) is 0 Å². The van der Waals surface area contributed by atoms with Crippen LogP contribution < -0.4 is 0 Å². The Morgan fingerprint density at radius 2 is 2.27 bits per heavy atom. The number of hydrogen-bond donors (Lipinski definition) is 1. The molecule has 0 bridgehead atoms. The minimum Gasteiger partial charge on any atom is -0.480 e. The van der Waals surface area contributed by atoms with Crippen molar-refractivity contribution >= 4 is 5.97 Å². The van der Waals surface area contributed by atoms with Crippen LogP contribution in [-0.2, 0) is 18.3 Å². The van der Waals surface area contributed by atoms with Gasteiger partial charge in [0.2, 0.25) is 0 Å². The molecule has 1 heterocycles. The number of carboxylic acids is 1. The molecule has 0 saturated carbocycles. The predicted octanol–water partition coefficient (Wildman–Crippen LogP) is 0.670. The molecule has 1 aromatic rings. The first kappa shape index (κ1) is 11.7. The van der Waals surface area contributed by atoms with Gasteiger partial charge in [0, 0.05) is 18.8 Å². The third kappa shape index (κ3) is 2.36. The number of aliphatic carboxylic acids is 1. The van der Waals surface area contributed by atoms with Crippen molar-refractivity contribution in [2.75, 3.05) is 14.1 Å². The highest BCUT2D eigenvalue weighted by Crippen LogP contribution is 2.21. The van der Waals surface area contributed by atoms with Gasteiger partial charge in [-0.05, 0) is 20.5 Å². The van der Waals surface area contributed by atoms with Crippen LogP contribution >= 0.6 is 0 Å². The molecule has 0 spiro atoms. The van der Waals surface area contributed by atoms with Gasteiger partial charge in [-0.1, -0.05) is 6.92 Å². The minimum atomic E-state index is -0.845. The lowest BCUT2D eigenvalue weighted by Crippen LogP contribution is -2.27. The number of likely N-dealkylation sites (N-methyl/N-ethyl adjacent to an activating group) is 1. The summed E-state index contributed by atoms with van der Waals surface area (Å²) >= 11 is 0. The van der Waals surface area contributed by atoms with Gasteiger partial charge in [0.25, 0.3) is 0 Å². The van der Waals surface area contributed by atoms with Crippen molar-refractivity contribution < 1.29 is 9.90 Å². The molecule has 0 aliphatic rings. The molecule has 0 aromatic carbocycles. The lowest BCUT2D eigenvalue weighted by Gasteiger charge is -2.19. The average Bonchev–Trinajstić information content (AvgIpc) is 2.45. The second-order valence-corrected chi connectivity index (χ2v) is 3.76. The van der Waals surface area contributed by atoms with Crippen LogP contribution in [0.25, 0.3) is 0 Å². The summed E-state index contributed by atoms with van der Waals surface area (Å²) in [5.74, 6) is -0.845. The number of carbonyl (C=O) groups is 1. The summed E-state index contributed by atoms with van der Waals surface area (Å²) in [5.41, 5.74) is 1.62. The maximum atomic E-state index is 11.1. The van der Waals surface area contributed by atoms with E-state index in [2.05, 4.69) is 5.10 Å². The summed E-state index contributed by atoms with van der Waals surface area (Å²) in [4.78, 5) is 12.8. The molecule has 0 saturated heterocycles. The van der Waals surface area contributed by atoms with E-state index in [0.717, 1.165) is 17.7 Å². The van der Waals surface area contributed by atoms with Gasteiger partial charge in [0.1, 0.15) is 6.04 Å². The fourth-order valence-electron chi connectivity index (χ4n) is 1.69. The molecule has 0 radical (unpaired) electrons. The molecule has 1 atom stereocenters. The van der Waals surface area contributed by atoms with Gasteiger partial charge in [-0.25, -0.2) is 0 Å². The largest absolute Gasteiger partial charge is 0.480 e. The topological polar surface area (TPSA) is 58.4 Å². The van der Waals surface area contributed by atoms with E-state index in [-0.39, 0.29) is 0 Å². The number of nitrogens with zero attached hydrogens (tertiary/aromatic N) is 3. The van der Waals surface area contributed by atoms with Crippen LogP contribution in [0.5, 0.6) is 0 Å². The van der Waals surface area contributed by atoms with Crippen LogP contribution in [0.4, 0.5) is 0 Å². The molecule has 0 fully saturated rings. The fourth-order valence-corrected chi connectivity index (χ4v) is 1.69. The second-order valence-electron chi connectivity index (χ2n) is 3.76. The SMILES string of the molecule is CCc1nn(C)cc1C(C(=O)O)N(C)C. The molecule has 1 N–H and O–H groups in total. The maximum absolute atomic E-state index is 11.1. The van der Waals surface area contributed by atoms with E-state index in [0.29, 0.717) is 0 Å². The van der Waals surface area contributed by atoms with E-state index in [1.54, 1.807) is 36.9 Å². The Bertz CT molecular complexity index is 358. The van der Waals surface area contributed by atoms with Crippen LogP contribution in [0.15, 0.2) is 6.20 Å². The Balaban J connectivity index is 3.15. The molecule has 0 amide bonds. The third-order valence-electron chi connectivity index (χ3n) is 2.32. The Morgan fingerprint density at radius 1 is 1.67 bits per heavy atom. The van der Waals surface area contributed by atoms with Gasteiger partial charge >= 0.3 is 5.97 Å². The number of hydrogen-bond acceptors (Lipinski definition) is 3. The number of aryl methyl sites for hydroxylation is 2. The molecule has 5 nitrogen and oxygen atoms in total. The van der Waals surface area contributed by atoms with E-state index in [4.69, 9.17) is 5.11 Å². The van der Waals surface area contributed by atoms with E-state index >= 15 is 0 Å². The smallest absolute Gasteiger partial charge is 0.325 e. The first-order valence-corrected chi connectivity index (χ1v) is 4.89. The van der Waals surface area contributed by atoms with Crippen molar-refractivity contribution in [2.45, 2.75) is 19.4 Å². The molecule has 1 aromatic heterocycles. The van der Waals surface area contributed by atoms with Gasteiger partial charge in [0.15, 0.2) is 0 Å². The Hall–Kier alpha value is -1.36.